The average molecular weight is 235 g/mol. The molecule has 2 aromatic rings. The van der Waals surface area contributed by atoms with E-state index >= 15 is 0 Å². The molecule has 86 valence electrons. The third kappa shape index (κ3) is 2.32. The quantitative estimate of drug-likeness (QED) is 0.883. The van der Waals surface area contributed by atoms with Crippen LogP contribution in [-0.2, 0) is 6.42 Å². The number of hydrogen-bond donors (Lipinski definition) is 1. The Morgan fingerprint density at radius 2 is 2.19 bits per heavy atom. The van der Waals surface area contributed by atoms with Crippen molar-refractivity contribution in [3.05, 3.63) is 17.3 Å². The summed E-state index contributed by atoms with van der Waals surface area (Å²) in [4.78, 5) is 10.3. The van der Waals surface area contributed by atoms with E-state index in [1.165, 1.54) is 0 Å². The minimum absolute atomic E-state index is 0.590. The van der Waals surface area contributed by atoms with Crippen LogP contribution in [-0.4, -0.2) is 16.5 Å². The highest BCUT2D eigenvalue weighted by atomic mass is 32.1. The second-order valence-electron chi connectivity index (χ2n) is 4.26. The largest absolute Gasteiger partial charge is 0.370 e. The molecule has 0 aliphatic rings. The molecule has 16 heavy (non-hydrogen) atoms. The summed E-state index contributed by atoms with van der Waals surface area (Å²) < 4.78 is 0. The predicted octanol–water partition coefficient (Wildman–Crippen LogP) is 3.32. The number of hydrogen-bond acceptors (Lipinski definition) is 4. The van der Waals surface area contributed by atoms with E-state index in [0.717, 1.165) is 34.8 Å². The standard InChI is InChI=1S/C12H17N3S/c1-4-13-11-9-5-6-16-12(9)15-10(14-11)7-8(2)3/h5-6,8H,4,7H2,1-3H3,(H,13,14,15). The van der Waals surface area contributed by atoms with Crippen LogP contribution in [0.15, 0.2) is 11.4 Å². The van der Waals surface area contributed by atoms with Crippen LogP contribution < -0.4 is 5.32 Å². The first kappa shape index (κ1) is 11.3. The van der Waals surface area contributed by atoms with Crippen molar-refractivity contribution in [1.82, 2.24) is 9.97 Å². The average Bonchev–Trinajstić information content (AvgIpc) is 2.65. The molecule has 3 nitrogen and oxygen atoms in total. The summed E-state index contributed by atoms with van der Waals surface area (Å²) in [7, 11) is 0. The summed E-state index contributed by atoms with van der Waals surface area (Å²) in [5.74, 6) is 2.51. The zero-order valence-corrected chi connectivity index (χ0v) is 10.8. The Labute approximate surface area is 99.9 Å². The zero-order valence-electron chi connectivity index (χ0n) is 9.95. The van der Waals surface area contributed by atoms with Crippen molar-refractivity contribution < 1.29 is 0 Å². The zero-order chi connectivity index (χ0) is 11.5. The second kappa shape index (κ2) is 4.78. The van der Waals surface area contributed by atoms with Gasteiger partial charge in [-0.1, -0.05) is 13.8 Å². The van der Waals surface area contributed by atoms with Gasteiger partial charge in [-0.15, -0.1) is 11.3 Å². The lowest BCUT2D eigenvalue weighted by atomic mass is 10.1. The number of fused-ring (bicyclic) bond motifs is 1. The van der Waals surface area contributed by atoms with Crippen LogP contribution in [0.2, 0.25) is 0 Å². The van der Waals surface area contributed by atoms with Gasteiger partial charge in [0, 0.05) is 13.0 Å². The minimum Gasteiger partial charge on any atom is -0.370 e. The van der Waals surface area contributed by atoms with Crippen LogP contribution in [0.4, 0.5) is 5.82 Å². The van der Waals surface area contributed by atoms with Gasteiger partial charge in [-0.3, -0.25) is 0 Å². The smallest absolute Gasteiger partial charge is 0.138 e. The van der Waals surface area contributed by atoms with Crippen molar-refractivity contribution >= 4 is 27.4 Å². The first-order valence-electron chi connectivity index (χ1n) is 5.68. The summed E-state index contributed by atoms with van der Waals surface area (Å²) >= 11 is 1.68. The van der Waals surface area contributed by atoms with Crippen LogP contribution in [0.3, 0.4) is 0 Å². The van der Waals surface area contributed by atoms with E-state index < -0.39 is 0 Å². The van der Waals surface area contributed by atoms with E-state index in [0.29, 0.717) is 5.92 Å². The highest BCUT2D eigenvalue weighted by Crippen LogP contribution is 2.25. The predicted molar refractivity (Wildman–Crippen MR) is 70.1 cm³/mol. The lowest BCUT2D eigenvalue weighted by molar-refractivity contribution is 0.623. The Morgan fingerprint density at radius 1 is 1.38 bits per heavy atom. The molecule has 0 saturated carbocycles. The number of aromatic nitrogens is 2. The molecule has 0 amide bonds. The Morgan fingerprint density at radius 3 is 2.88 bits per heavy atom. The van der Waals surface area contributed by atoms with E-state index in [9.17, 15) is 0 Å². The normalized spacial score (nSPS) is 11.2. The maximum absolute atomic E-state index is 4.59. The third-order valence-corrected chi connectivity index (χ3v) is 3.11. The fourth-order valence-corrected chi connectivity index (χ4v) is 2.44. The molecule has 0 aromatic carbocycles. The molecule has 4 heteroatoms. The van der Waals surface area contributed by atoms with Crippen LogP contribution in [0.1, 0.15) is 26.6 Å². The van der Waals surface area contributed by atoms with Gasteiger partial charge >= 0.3 is 0 Å². The Kier molecular flexibility index (Phi) is 3.39. The number of rotatable bonds is 4. The minimum atomic E-state index is 0.590. The maximum atomic E-state index is 4.59. The molecule has 2 heterocycles. The summed E-state index contributed by atoms with van der Waals surface area (Å²) in [6.45, 7) is 7.36. The van der Waals surface area contributed by atoms with Gasteiger partial charge in [0.25, 0.3) is 0 Å². The molecule has 2 rings (SSSR count). The molecule has 0 saturated heterocycles. The summed E-state index contributed by atoms with van der Waals surface area (Å²) in [6, 6.07) is 2.08. The highest BCUT2D eigenvalue weighted by Gasteiger charge is 2.09. The van der Waals surface area contributed by atoms with Gasteiger partial charge in [-0.2, -0.15) is 0 Å². The van der Waals surface area contributed by atoms with E-state index in [-0.39, 0.29) is 0 Å². The fourth-order valence-electron chi connectivity index (χ4n) is 1.66. The molecule has 0 radical (unpaired) electrons. The molecule has 2 aromatic heterocycles. The Balaban J connectivity index is 2.44. The fraction of sp³-hybridized carbons (Fsp3) is 0.500. The first-order valence-corrected chi connectivity index (χ1v) is 6.56. The van der Waals surface area contributed by atoms with E-state index in [2.05, 4.69) is 47.5 Å². The lowest BCUT2D eigenvalue weighted by Gasteiger charge is -2.08. The van der Waals surface area contributed by atoms with Crippen molar-refractivity contribution in [2.45, 2.75) is 27.2 Å². The SMILES string of the molecule is CCNc1nc(CC(C)C)nc2sccc12. The Bertz CT molecular complexity index is 476. The monoisotopic (exact) mass is 235 g/mol. The van der Waals surface area contributed by atoms with Crippen molar-refractivity contribution in [3.63, 3.8) is 0 Å². The molecule has 0 bridgehead atoms. The van der Waals surface area contributed by atoms with Gasteiger partial charge in [0.15, 0.2) is 0 Å². The van der Waals surface area contributed by atoms with Crippen molar-refractivity contribution in [2.75, 3.05) is 11.9 Å². The van der Waals surface area contributed by atoms with Crippen molar-refractivity contribution in [2.24, 2.45) is 5.92 Å². The van der Waals surface area contributed by atoms with E-state index in [1.54, 1.807) is 11.3 Å². The number of anilines is 1. The lowest BCUT2D eigenvalue weighted by Crippen LogP contribution is -2.06. The van der Waals surface area contributed by atoms with E-state index in [4.69, 9.17) is 0 Å². The van der Waals surface area contributed by atoms with Gasteiger partial charge in [0.1, 0.15) is 16.5 Å². The van der Waals surface area contributed by atoms with Crippen LogP contribution >= 0.6 is 11.3 Å². The summed E-state index contributed by atoms with van der Waals surface area (Å²) in [6.07, 6.45) is 0.937. The van der Waals surface area contributed by atoms with Crippen molar-refractivity contribution in [1.29, 1.82) is 0 Å². The van der Waals surface area contributed by atoms with Gasteiger partial charge in [0.05, 0.1) is 5.39 Å². The number of thiophene rings is 1. The van der Waals surface area contributed by atoms with Gasteiger partial charge in [0.2, 0.25) is 0 Å². The van der Waals surface area contributed by atoms with Crippen LogP contribution in [0.25, 0.3) is 10.2 Å². The molecule has 0 unspecified atom stereocenters. The highest BCUT2D eigenvalue weighted by molar-refractivity contribution is 7.16. The number of nitrogens with one attached hydrogen (secondary N) is 1. The molecule has 0 fully saturated rings. The van der Waals surface area contributed by atoms with Gasteiger partial charge < -0.3 is 5.32 Å². The van der Waals surface area contributed by atoms with Crippen molar-refractivity contribution in [3.8, 4) is 0 Å². The molecule has 0 aliphatic heterocycles. The van der Waals surface area contributed by atoms with Gasteiger partial charge in [-0.25, -0.2) is 9.97 Å². The number of nitrogens with zero attached hydrogens (tertiary/aromatic N) is 2. The molecule has 1 N–H and O–H groups in total. The summed E-state index contributed by atoms with van der Waals surface area (Å²) in [5, 5.41) is 6.51. The Hall–Kier alpha value is -1.16. The molecular weight excluding hydrogens is 218 g/mol. The van der Waals surface area contributed by atoms with Gasteiger partial charge in [-0.05, 0) is 24.3 Å². The molecule has 0 aliphatic carbocycles. The topological polar surface area (TPSA) is 37.8 Å². The first-order chi connectivity index (χ1) is 7.70. The maximum Gasteiger partial charge on any atom is 0.138 e. The molecular formula is C12H17N3S. The third-order valence-electron chi connectivity index (χ3n) is 2.31. The molecule has 0 atom stereocenters. The van der Waals surface area contributed by atoms with Crippen LogP contribution in [0.5, 0.6) is 0 Å². The second-order valence-corrected chi connectivity index (χ2v) is 5.15. The van der Waals surface area contributed by atoms with Crippen LogP contribution in [0, 0.1) is 5.92 Å². The van der Waals surface area contributed by atoms with E-state index in [1.807, 2.05) is 0 Å². The molecule has 0 spiro atoms. The summed E-state index contributed by atoms with van der Waals surface area (Å²) in [5.41, 5.74) is 0.